The molecule has 0 fully saturated rings. The van der Waals surface area contributed by atoms with Crippen LogP contribution in [0.5, 0.6) is 0 Å². The number of likely N-dealkylation sites (N-methyl/N-ethyl adjacent to an activating group) is 1. The Kier molecular flexibility index (Phi) is 5.30. The third-order valence-corrected chi connectivity index (χ3v) is 4.58. The molecule has 0 aromatic heterocycles. The minimum absolute atomic E-state index is 0.0240. The molecule has 1 aromatic carbocycles. The number of carbonyl (C=O) groups is 2. The van der Waals surface area contributed by atoms with Crippen molar-refractivity contribution >= 4 is 18.0 Å². The number of ether oxygens (including phenoxy) is 1. The summed E-state index contributed by atoms with van der Waals surface area (Å²) in [5, 5.41) is 0. The number of alkyl halides is 3. The summed E-state index contributed by atoms with van der Waals surface area (Å²) in [5.41, 5.74) is -0.589. The molecule has 2 aliphatic rings. The summed E-state index contributed by atoms with van der Waals surface area (Å²) in [7, 11) is 1.63. The molecular weight excluding hydrogens is 377 g/mol. The summed E-state index contributed by atoms with van der Waals surface area (Å²) in [6.07, 6.45) is -3.29. The number of fused-ring (bicyclic) bond motifs is 1. The number of amides is 3. The lowest BCUT2D eigenvalue weighted by atomic mass is 10.1. The first-order chi connectivity index (χ1) is 13.2. The maximum absolute atomic E-state index is 13.2. The highest BCUT2D eigenvalue weighted by Gasteiger charge is 2.36. The van der Waals surface area contributed by atoms with E-state index in [1.54, 1.807) is 7.05 Å². The lowest BCUT2D eigenvalue weighted by Crippen LogP contribution is -2.38. The number of hydrogen-bond acceptors (Lipinski definition) is 4. The normalized spacial score (nSPS) is 16.8. The van der Waals surface area contributed by atoms with Gasteiger partial charge >= 0.3 is 18.2 Å². The number of amidine groups is 1. The Hall–Kier alpha value is -3.04. The van der Waals surface area contributed by atoms with Gasteiger partial charge in [0.15, 0.2) is 0 Å². The summed E-state index contributed by atoms with van der Waals surface area (Å²) < 4.78 is 44.9. The molecule has 0 aliphatic carbocycles. The number of rotatable bonds is 4. The van der Waals surface area contributed by atoms with Gasteiger partial charge in [0.2, 0.25) is 0 Å². The molecule has 0 unspecified atom stereocenters. The van der Waals surface area contributed by atoms with Gasteiger partial charge in [0.05, 0.1) is 5.56 Å². The minimum atomic E-state index is -4.52. The Bertz CT molecular complexity index is 851. The van der Waals surface area contributed by atoms with Crippen LogP contribution in [0.4, 0.5) is 18.0 Å². The lowest BCUT2D eigenvalue weighted by Gasteiger charge is -2.24. The summed E-state index contributed by atoms with van der Waals surface area (Å²) in [6.45, 7) is 2.31. The molecule has 3 rings (SSSR count). The van der Waals surface area contributed by atoms with E-state index in [4.69, 9.17) is 4.74 Å². The van der Waals surface area contributed by atoms with Crippen LogP contribution in [0.25, 0.3) is 0 Å². The van der Waals surface area contributed by atoms with Crippen LogP contribution >= 0.6 is 0 Å². The number of carbonyl (C=O) groups excluding carboxylic acids is 2. The van der Waals surface area contributed by atoms with E-state index in [0.717, 1.165) is 6.07 Å². The van der Waals surface area contributed by atoms with Gasteiger partial charge in [0.1, 0.15) is 12.0 Å². The fourth-order valence-corrected chi connectivity index (χ4v) is 2.90. The molecule has 3 amide bonds. The van der Waals surface area contributed by atoms with Crippen molar-refractivity contribution in [1.29, 1.82) is 0 Å². The molecule has 0 saturated carbocycles. The number of hydrogen-bond donors (Lipinski definition) is 0. The molecule has 0 spiro atoms. The maximum atomic E-state index is 13.2. The third-order valence-electron chi connectivity index (χ3n) is 4.58. The van der Waals surface area contributed by atoms with Gasteiger partial charge < -0.3 is 14.5 Å². The molecule has 2 aliphatic heterocycles. The van der Waals surface area contributed by atoms with E-state index in [0.29, 0.717) is 6.54 Å². The number of aliphatic imine (C=N–C) groups is 1. The van der Waals surface area contributed by atoms with Crippen LogP contribution in [-0.2, 0) is 22.3 Å². The molecule has 10 heteroatoms. The van der Waals surface area contributed by atoms with Crippen LogP contribution in [0.2, 0.25) is 0 Å². The predicted octanol–water partition coefficient (Wildman–Crippen LogP) is 2.65. The van der Waals surface area contributed by atoms with Gasteiger partial charge in [-0.25, -0.2) is 4.79 Å². The Balaban J connectivity index is 1.79. The second kappa shape index (κ2) is 7.53. The Morgan fingerprint density at radius 1 is 1.29 bits per heavy atom. The number of halogens is 3. The van der Waals surface area contributed by atoms with Crippen LogP contribution in [0, 0.1) is 0 Å². The smallest absolute Gasteiger partial charge is 0.416 e. The van der Waals surface area contributed by atoms with Gasteiger partial charge in [0.25, 0.3) is 5.91 Å². The van der Waals surface area contributed by atoms with Crippen molar-refractivity contribution in [3.05, 3.63) is 47.4 Å². The van der Waals surface area contributed by atoms with Crippen molar-refractivity contribution in [2.24, 2.45) is 4.99 Å². The average molecular weight is 396 g/mol. The fourth-order valence-electron chi connectivity index (χ4n) is 2.90. The summed E-state index contributed by atoms with van der Waals surface area (Å²) >= 11 is 0. The van der Waals surface area contributed by atoms with Crippen molar-refractivity contribution in [2.45, 2.75) is 19.6 Å². The van der Waals surface area contributed by atoms with E-state index in [1.807, 2.05) is 6.92 Å². The second-order valence-corrected chi connectivity index (χ2v) is 6.35. The standard InChI is InChI=1S/C18H19F3N4O3/c1-3-23(2)15(26)14-11-28-17-22-16(27)24(8-9-25(14)17)10-12-6-4-5-7-13(12)18(19,20)21/h4-7,11H,3,8-10H2,1-2H3. The van der Waals surface area contributed by atoms with Crippen molar-refractivity contribution in [1.82, 2.24) is 14.7 Å². The molecule has 0 saturated heterocycles. The van der Waals surface area contributed by atoms with E-state index < -0.39 is 17.8 Å². The van der Waals surface area contributed by atoms with Crippen LogP contribution in [-0.4, -0.2) is 59.3 Å². The average Bonchev–Trinajstić information content (AvgIpc) is 2.98. The number of nitrogens with zero attached hydrogens (tertiary/aromatic N) is 4. The molecule has 7 nitrogen and oxygen atoms in total. The monoisotopic (exact) mass is 396 g/mol. The van der Waals surface area contributed by atoms with Gasteiger partial charge in [-0.2, -0.15) is 13.2 Å². The van der Waals surface area contributed by atoms with Crippen LogP contribution in [0.3, 0.4) is 0 Å². The lowest BCUT2D eigenvalue weighted by molar-refractivity contribution is -0.138. The molecule has 28 heavy (non-hydrogen) atoms. The highest BCUT2D eigenvalue weighted by Crippen LogP contribution is 2.32. The van der Waals surface area contributed by atoms with Gasteiger partial charge in [0, 0.05) is 33.2 Å². The van der Waals surface area contributed by atoms with Crippen molar-refractivity contribution < 1.29 is 27.5 Å². The molecule has 0 atom stereocenters. The Labute approximate surface area is 159 Å². The summed E-state index contributed by atoms with van der Waals surface area (Å²) in [5.74, 6) is -0.295. The predicted molar refractivity (Wildman–Crippen MR) is 93.9 cm³/mol. The Morgan fingerprint density at radius 3 is 2.68 bits per heavy atom. The topological polar surface area (TPSA) is 65.5 Å². The number of urea groups is 1. The van der Waals surface area contributed by atoms with E-state index in [1.165, 1.54) is 39.2 Å². The quantitative estimate of drug-likeness (QED) is 0.785. The third kappa shape index (κ3) is 3.80. The maximum Gasteiger partial charge on any atom is 0.416 e. The van der Waals surface area contributed by atoms with Crippen LogP contribution in [0.1, 0.15) is 18.1 Å². The highest BCUT2D eigenvalue weighted by molar-refractivity contribution is 6.01. The largest absolute Gasteiger partial charge is 0.431 e. The molecule has 0 radical (unpaired) electrons. The molecule has 2 heterocycles. The zero-order chi connectivity index (χ0) is 20.5. The first-order valence-electron chi connectivity index (χ1n) is 8.65. The van der Waals surface area contributed by atoms with Gasteiger partial charge in [-0.05, 0) is 18.6 Å². The number of benzene rings is 1. The Morgan fingerprint density at radius 2 is 2.00 bits per heavy atom. The summed E-state index contributed by atoms with van der Waals surface area (Å²) in [6, 6.07) is 4.32. The zero-order valence-electron chi connectivity index (χ0n) is 15.4. The zero-order valence-corrected chi connectivity index (χ0v) is 15.4. The van der Waals surface area contributed by atoms with E-state index in [9.17, 15) is 22.8 Å². The molecular formula is C18H19F3N4O3. The van der Waals surface area contributed by atoms with Crippen molar-refractivity contribution in [3.8, 4) is 0 Å². The van der Waals surface area contributed by atoms with Crippen molar-refractivity contribution in [2.75, 3.05) is 26.7 Å². The second-order valence-electron chi connectivity index (χ2n) is 6.35. The van der Waals surface area contributed by atoms with Crippen LogP contribution in [0.15, 0.2) is 41.2 Å². The van der Waals surface area contributed by atoms with Gasteiger partial charge in [-0.15, -0.1) is 4.99 Å². The molecule has 0 bridgehead atoms. The molecule has 0 N–H and O–H groups in total. The van der Waals surface area contributed by atoms with Crippen LogP contribution < -0.4 is 0 Å². The van der Waals surface area contributed by atoms with E-state index in [2.05, 4.69) is 4.99 Å². The van der Waals surface area contributed by atoms with E-state index >= 15 is 0 Å². The van der Waals surface area contributed by atoms with Gasteiger partial charge in [-0.1, -0.05) is 18.2 Å². The van der Waals surface area contributed by atoms with E-state index in [-0.39, 0.29) is 42.8 Å². The first-order valence-corrected chi connectivity index (χ1v) is 8.65. The first kappa shape index (κ1) is 19.7. The molecule has 1 aromatic rings. The SMILES string of the molecule is CCN(C)C(=O)C1=COC2=NC(=O)N(Cc3ccccc3C(F)(F)F)CCN12. The summed E-state index contributed by atoms with van der Waals surface area (Å²) in [4.78, 5) is 32.8. The van der Waals surface area contributed by atoms with Crippen molar-refractivity contribution in [3.63, 3.8) is 0 Å². The minimum Gasteiger partial charge on any atom is -0.431 e. The fraction of sp³-hybridized carbons (Fsp3) is 0.389. The molecule has 150 valence electrons. The highest BCUT2D eigenvalue weighted by atomic mass is 19.4. The van der Waals surface area contributed by atoms with Gasteiger partial charge in [-0.3, -0.25) is 9.69 Å².